The van der Waals surface area contributed by atoms with Crippen LogP contribution in [-0.2, 0) is 23.1 Å². The molecule has 8 heteroatoms. The first-order valence-corrected chi connectivity index (χ1v) is 10.7. The molecule has 0 bridgehead atoms. The van der Waals surface area contributed by atoms with E-state index >= 15 is 0 Å². The van der Waals surface area contributed by atoms with Crippen molar-refractivity contribution in [3.8, 4) is 0 Å². The molecule has 0 atom stereocenters. The van der Waals surface area contributed by atoms with Crippen LogP contribution in [0.5, 0.6) is 0 Å². The van der Waals surface area contributed by atoms with Gasteiger partial charge in [-0.15, -0.1) is 24.0 Å². The van der Waals surface area contributed by atoms with Crippen LogP contribution in [0.25, 0.3) is 0 Å². The van der Waals surface area contributed by atoms with E-state index in [0.717, 1.165) is 24.6 Å². The normalized spacial score (nSPS) is 11.9. The number of aliphatic imine (C=N–C) groups is 1. The number of benzene rings is 2. The van der Waals surface area contributed by atoms with Crippen molar-refractivity contribution in [2.24, 2.45) is 4.99 Å². The summed E-state index contributed by atoms with van der Waals surface area (Å²) in [6.45, 7) is 6.16. The third-order valence-corrected chi connectivity index (χ3v) is 6.31. The molecule has 0 spiro atoms. The van der Waals surface area contributed by atoms with Gasteiger partial charge < -0.3 is 10.2 Å². The summed E-state index contributed by atoms with van der Waals surface area (Å²) in [6, 6.07) is 15.2. The van der Waals surface area contributed by atoms with Crippen molar-refractivity contribution in [3.63, 3.8) is 0 Å². The number of nitrogens with zero attached hydrogens (tertiary/aromatic N) is 3. The molecule has 0 radical (unpaired) electrons. The van der Waals surface area contributed by atoms with E-state index in [2.05, 4.69) is 29.3 Å². The predicted molar refractivity (Wildman–Crippen MR) is 130 cm³/mol. The number of rotatable bonds is 7. The summed E-state index contributed by atoms with van der Waals surface area (Å²) >= 11 is 0. The second-order valence-electron chi connectivity index (χ2n) is 6.88. The van der Waals surface area contributed by atoms with Crippen molar-refractivity contribution >= 4 is 40.0 Å². The van der Waals surface area contributed by atoms with Crippen molar-refractivity contribution in [1.29, 1.82) is 0 Å². The Morgan fingerprint density at radius 2 is 1.66 bits per heavy atom. The van der Waals surface area contributed by atoms with Crippen LogP contribution in [0.3, 0.4) is 0 Å². The zero-order chi connectivity index (χ0) is 20.7. The number of sulfonamides is 1. The summed E-state index contributed by atoms with van der Waals surface area (Å²) in [7, 11) is 1.66. The minimum atomic E-state index is -3.41. The second-order valence-corrected chi connectivity index (χ2v) is 9.04. The van der Waals surface area contributed by atoms with E-state index in [1.807, 2.05) is 38.2 Å². The van der Waals surface area contributed by atoms with Gasteiger partial charge in [0.25, 0.3) is 0 Å². The summed E-state index contributed by atoms with van der Waals surface area (Å²) in [5.41, 5.74) is 3.47. The van der Waals surface area contributed by atoms with Gasteiger partial charge in [0, 0.05) is 34.2 Å². The zero-order valence-electron chi connectivity index (χ0n) is 17.7. The van der Waals surface area contributed by atoms with E-state index in [9.17, 15) is 8.42 Å². The van der Waals surface area contributed by atoms with Gasteiger partial charge in [0.05, 0.1) is 11.4 Å². The average molecular weight is 530 g/mol. The summed E-state index contributed by atoms with van der Waals surface area (Å²) in [4.78, 5) is 7.09. The molecule has 0 heterocycles. The fourth-order valence-electron chi connectivity index (χ4n) is 2.73. The molecule has 6 nitrogen and oxygen atoms in total. The van der Waals surface area contributed by atoms with Crippen LogP contribution in [-0.4, -0.2) is 51.3 Å². The topological polar surface area (TPSA) is 65.0 Å². The molecular formula is C21H31IN4O2S. The summed E-state index contributed by atoms with van der Waals surface area (Å²) in [6.07, 6.45) is 0. The summed E-state index contributed by atoms with van der Waals surface area (Å²) in [5.74, 6) is 0.816. The Balaban J connectivity index is 0.00000420. The van der Waals surface area contributed by atoms with Crippen LogP contribution in [0.15, 0.2) is 58.4 Å². The van der Waals surface area contributed by atoms with Crippen LogP contribution in [0.2, 0.25) is 0 Å². The van der Waals surface area contributed by atoms with Crippen molar-refractivity contribution in [3.05, 3.63) is 65.2 Å². The quantitative estimate of drug-likeness (QED) is 0.339. The highest BCUT2D eigenvalue weighted by atomic mass is 127. The Morgan fingerprint density at radius 1 is 1.03 bits per heavy atom. The lowest BCUT2D eigenvalue weighted by Crippen LogP contribution is -2.38. The molecule has 1 N–H and O–H groups in total. The van der Waals surface area contributed by atoms with Gasteiger partial charge in [-0.05, 0) is 42.7 Å². The predicted octanol–water partition coefficient (Wildman–Crippen LogP) is 3.46. The van der Waals surface area contributed by atoms with Crippen molar-refractivity contribution in [1.82, 2.24) is 14.5 Å². The fourth-order valence-corrected chi connectivity index (χ4v) is 3.63. The van der Waals surface area contributed by atoms with Gasteiger partial charge in [-0.25, -0.2) is 17.7 Å². The Hall–Kier alpha value is -1.65. The molecule has 2 aromatic carbocycles. The summed E-state index contributed by atoms with van der Waals surface area (Å²) < 4.78 is 25.5. The molecule has 0 saturated carbocycles. The molecule has 0 saturated heterocycles. The molecule has 0 fully saturated rings. The van der Waals surface area contributed by atoms with Crippen molar-refractivity contribution < 1.29 is 8.42 Å². The minimum Gasteiger partial charge on any atom is -0.357 e. The van der Waals surface area contributed by atoms with E-state index in [4.69, 9.17) is 4.99 Å². The monoisotopic (exact) mass is 530 g/mol. The summed E-state index contributed by atoms with van der Waals surface area (Å²) in [5, 5.41) is 3.32. The smallest absolute Gasteiger partial charge is 0.242 e. The molecule has 0 aromatic heterocycles. The minimum absolute atomic E-state index is 0. The Morgan fingerprint density at radius 3 is 2.21 bits per heavy atom. The van der Waals surface area contributed by atoms with Crippen LogP contribution in [0.4, 0.5) is 0 Å². The van der Waals surface area contributed by atoms with Crippen molar-refractivity contribution in [2.75, 3.05) is 27.7 Å². The van der Waals surface area contributed by atoms with Gasteiger partial charge in [-0.3, -0.25) is 0 Å². The maximum Gasteiger partial charge on any atom is 0.242 e. The fraction of sp³-hybridized carbons (Fsp3) is 0.381. The number of aryl methyl sites for hydroxylation is 1. The van der Waals surface area contributed by atoms with Gasteiger partial charge in [-0.2, -0.15) is 0 Å². The first-order valence-electron chi connectivity index (χ1n) is 9.31. The maximum atomic E-state index is 12.2. The SMILES string of the molecule is CCNC(=NCc1ccc(S(=O)(=O)N(C)C)cc1)N(C)Cc1ccccc1C.I. The number of halogens is 1. The number of hydrogen-bond acceptors (Lipinski definition) is 3. The van der Waals surface area contributed by atoms with Gasteiger partial charge in [-0.1, -0.05) is 36.4 Å². The Labute approximate surface area is 192 Å². The number of nitrogens with one attached hydrogen (secondary N) is 1. The molecule has 0 amide bonds. The number of hydrogen-bond donors (Lipinski definition) is 1. The lowest BCUT2D eigenvalue weighted by molar-refractivity contribution is 0.475. The Kier molecular flexibility index (Phi) is 10.1. The molecule has 0 aliphatic heterocycles. The van der Waals surface area contributed by atoms with Crippen molar-refractivity contribution in [2.45, 2.75) is 31.8 Å². The second kappa shape index (κ2) is 11.5. The largest absolute Gasteiger partial charge is 0.357 e. The molecule has 0 unspecified atom stereocenters. The standard InChI is InChI=1S/C21H30N4O2S.HI/c1-6-22-21(25(5)16-19-10-8-7-9-17(19)2)23-15-18-11-13-20(14-12-18)28(26,27)24(3)4;/h7-14H,6,15-16H2,1-5H3,(H,22,23);1H. The van der Waals surface area contributed by atoms with Gasteiger partial charge in [0.15, 0.2) is 5.96 Å². The lowest BCUT2D eigenvalue weighted by atomic mass is 10.1. The van der Waals surface area contributed by atoms with Gasteiger partial charge in [0.1, 0.15) is 0 Å². The van der Waals surface area contributed by atoms with Crippen LogP contribution in [0, 0.1) is 6.92 Å². The molecule has 2 aromatic rings. The maximum absolute atomic E-state index is 12.2. The van der Waals surface area contributed by atoms with Gasteiger partial charge >= 0.3 is 0 Å². The van der Waals surface area contributed by atoms with E-state index in [1.165, 1.54) is 29.5 Å². The molecule has 29 heavy (non-hydrogen) atoms. The Bertz CT molecular complexity index is 913. The molecule has 160 valence electrons. The molecule has 0 aliphatic carbocycles. The third kappa shape index (κ3) is 6.97. The highest BCUT2D eigenvalue weighted by molar-refractivity contribution is 14.0. The molecule has 0 aliphatic rings. The molecule has 2 rings (SSSR count). The first-order chi connectivity index (χ1) is 13.3. The highest BCUT2D eigenvalue weighted by Crippen LogP contribution is 2.15. The van der Waals surface area contributed by atoms with E-state index in [1.54, 1.807) is 12.1 Å². The lowest BCUT2D eigenvalue weighted by Gasteiger charge is -2.23. The van der Waals surface area contributed by atoms with Crippen LogP contribution >= 0.6 is 24.0 Å². The van der Waals surface area contributed by atoms with Gasteiger partial charge in [0.2, 0.25) is 10.0 Å². The highest BCUT2D eigenvalue weighted by Gasteiger charge is 2.16. The van der Waals surface area contributed by atoms with Crippen LogP contribution in [0.1, 0.15) is 23.6 Å². The van der Waals surface area contributed by atoms with E-state index in [0.29, 0.717) is 6.54 Å². The van der Waals surface area contributed by atoms with E-state index < -0.39 is 10.0 Å². The average Bonchev–Trinajstić information content (AvgIpc) is 2.67. The zero-order valence-corrected chi connectivity index (χ0v) is 20.9. The van der Waals surface area contributed by atoms with E-state index in [-0.39, 0.29) is 28.9 Å². The number of guanidine groups is 1. The first kappa shape index (κ1) is 25.4. The van der Waals surface area contributed by atoms with Crippen LogP contribution < -0.4 is 5.32 Å². The molecular weight excluding hydrogens is 499 g/mol. The third-order valence-electron chi connectivity index (χ3n) is 4.48.